The molecule has 0 spiro atoms. The van der Waals surface area contributed by atoms with Crippen molar-refractivity contribution in [2.45, 2.75) is 39.5 Å². The van der Waals surface area contributed by atoms with E-state index in [1.165, 1.54) is 19.3 Å². The summed E-state index contributed by atoms with van der Waals surface area (Å²) in [6.07, 6.45) is 4.72. The smallest absolute Gasteiger partial charge is 0.227 e. The summed E-state index contributed by atoms with van der Waals surface area (Å²) in [5, 5.41) is 0. The lowest BCUT2D eigenvalue weighted by atomic mass is 10.1. The first-order valence-corrected chi connectivity index (χ1v) is 6.78. The van der Waals surface area contributed by atoms with Gasteiger partial charge in [-0.25, -0.2) is 10.8 Å². The summed E-state index contributed by atoms with van der Waals surface area (Å²) >= 11 is 0. The van der Waals surface area contributed by atoms with Crippen LogP contribution in [0.15, 0.2) is 6.07 Å². The first kappa shape index (κ1) is 13.1. The van der Waals surface area contributed by atoms with Gasteiger partial charge in [-0.05, 0) is 31.6 Å². The van der Waals surface area contributed by atoms with Crippen molar-refractivity contribution in [3.63, 3.8) is 0 Å². The standard InChI is InChI=1S/C13H23N5/c1-10(2)8-11-9-12(17-14)16-13(15-11)18-6-4-3-5-7-18/h9-10H,3-8,14H2,1-2H3,(H,15,16,17). The molecule has 0 amide bonds. The minimum atomic E-state index is 0.583. The van der Waals surface area contributed by atoms with E-state index in [9.17, 15) is 0 Å². The molecule has 0 saturated carbocycles. The number of rotatable bonds is 4. The monoisotopic (exact) mass is 249 g/mol. The number of nitrogens with two attached hydrogens (primary N) is 1. The van der Waals surface area contributed by atoms with Crippen molar-refractivity contribution in [2.75, 3.05) is 23.4 Å². The second-order valence-corrected chi connectivity index (χ2v) is 5.33. The summed E-state index contributed by atoms with van der Waals surface area (Å²) in [4.78, 5) is 11.4. The third-order valence-electron chi connectivity index (χ3n) is 3.17. The molecule has 1 aromatic rings. The normalized spacial score (nSPS) is 16.1. The average Bonchev–Trinajstić information content (AvgIpc) is 2.38. The van der Waals surface area contributed by atoms with Gasteiger partial charge < -0.3 is 10.3 Å². The zero-order valence-electron chi connectivity index (χ0n) is 11.3. The molecule has 1 aliphatic rings. The number of hydrogen-bond donors (Lipinski definition) is 2. The number of aromatic nitrogens is 2. The minimum Gasteiger partial charge on any atom is -0.341 e. The molecule has 1 aromatic heterocycles. The Bertz CT molecular complexity index is 385. The van der Waals surface area contributed by atoms with E-state index >= 15 is 0 Å². The predicted molar refractivity (Wildman–Crippen MR) is 74.4 cm³/mol. The zero-order valence-corrected chi connectivity index (χ0v) is 11.3. The lowest BCUT2D eigenvalue weighted by molar-refractivity contribution is 0.565. The van der Waals surface area contributed by atoms with E-state index in [4.69, 9.17) is 5.84 Å². The van der Waals surface area contributed by atoms with Gasteiger partial charge in [-0.1, -0.05) is 13.8 Å². The molecule has 5 heteroatoms. The van der Waals surface area contributed by atoms with Crippen LogP contribution in [0, 0.1) is 5.92 Å². The van der Waals surface area contributed by atoms with Crippen LogP contribution in [-0.4, -0.2) is 23.1 Å². The van der Waals surface area contributed by atoms with Gasteiger partial charge in [0.05, 0.1) is 0 Å². The van der Waals surface area contributed by atoms with E-state index in [1.54, 1.807) is 0 Å². The van der Waals surface area contributed by atoms with Gasteiger partial charge in [0, 0.05) is 24.8 Å². The summed E-state index contributed by atoms with van der Waals surface area (Å²) in [5.74, 6) is 7.60. The molecule has 2 heterocycles. The maximum Gasteiger partial charge on any atom is 0.227 e. The van der Waals surface area contributed by atoms with Gasteiger partial charge in [-0.2, -0.15) is 4.98 Å². The topological polar surface area (TPSA) is 67.1 Å². The molecule has 3 N–H and O–H groups in total. The Kier molecular flexibility index (Phi) is 4.36. The summed E-state index contributed by atoms with van der Waals surface area (Å²) in [5.41, 5.74) is 3.71. The van der Waals surface area contributed by atoms with Gasteiger partial charge >= 0.3 is 0 Å². The first-order valence-electron chi connectivity index (χ1n) is 6.78. The number of hydrazine groups is 1. The fourth-order valence-electron chi connectivity index (χ4n) is 2.32. The molecule has 1 fully saturated rings. The minimum absolute atomic E-state index is 0.583. The van der Waals surface area contributed by atoms with E-state index in [-0.39, 0.29) is 0 Å². The van der Waals surface area contributed by atoms with Gasteiger partial charge in [-0.3, -0.25) is 0 Å². The quantitative estimate of drug-likeness (QED) is 0.630. The molecule has 0 radical (unpaired) electrons. The summed E-state index contributed by atoms with van der Waals surface area (Å²) in [6.45, 7) is 6.49. The Hall–Kier alpha value is -1.36. The van der Waals surface area contributed by atoms with Gasteiger partial charge in [0.15, 0.2) is 0 Å². The number of anilines is 2. The third kappa shape index (κ3) is 3.32. The van der Waals surface area contributed by atoms with Gasteiger partial charge in [0.1, 0.15) is 5.82 Å². The average molecular weight is 249 g/mol. The Labute approximate surface area is 109 Å². The highest BCUT2D eigenvalue weighted by Crippen LogP contribution is 2.19. The molecule has 100 valence electrons. The summed E-state index contributed by atoms with van der Waals surface area (Å²) in [6, 6.07) is 1.94. The molecule has 0 aromatic carbocycles. The van der Waals surface area contributed by atoms with Crippen molar-refractivity contribution in [2.24, 2.45) is 11.8 Å². The van der Waals surface area contributed by atoms with E-state index in [0.717, 1.165) is 31.2 Å². The lowest BCUT2D eigenvalue weighted by Crippen LogP contribution is -2.31. The molecule has 0 atom stereocenters. The van der Waals surface area contributed by atoms with Crippen LogP contribution < -0.4 is 16.2 Å². The Morgan fingerprint density at radius 3 is 2.61 bits per heavy atom. The van der Waals surface area contributed by atoms with Crippen molar-refractivity contribution >= 4 is 11.8 Å². The van der Waals surface area contributed by atoms with E-state index in [1.807, 2.05) is 6.07 Å². The number of piperidine rings is 1. The first-order chi connectivity index (χ1) is 8.69. The third-order valence-corrected chi connectivity index (χ3v) is 3.17. The van der Waals surface area contributed by atoms with Crippen LogP contribution in [0.4, 0.5) is 11.8 Å². The highest BCUT2D eigenvalue weighted by atomic mass is 15.3. The van der Waals surface area contributed by atoms with E-state index < -0.39 is 0 Å². The predicted octanol–water partition coefficient (Wildman–Crippen LogP) is 1.95. The van der Waals surface area contributed by atoms with Crippen LogP contribution in [-0.2, 0) is 6.42 Å². The number of nitrogens with one attached hydrogen (secondary N) is 1. The molecule has 1 aliphatic heterocycles. The maximum atomic E-state index is 5.49. The van der Waals surface area contributed by atoms with Gasteiger partial charge in [0.25, 0.3) is 0 Å². The highest BCUT2D eigenvalue weighted by Gasteiger charge is 2.15. The molecule has 2 rings (SSSR count). The van der Waals surface area contributed by atoms with E-state index in [2.05, 4.69) is 34.1 Å². The van der Waals surface area contributed by atoms with Gasteiger partial charge in [0.2, 0.25) is 5.95 Å². The molecule has 1 saturated heterocycles. The van der Waals surface area contributed by atoms with Crippen LogP contribution >= 0.6 is 0 Å². The highest BCUT2D eigenvalue weighted by molar-refractivity contribution is 5.43. The number of hydrogen-bond acceptors (Lipinski definition) is 5. The molecular formula is C13H23N5. The maximum absolute atomic E-state index is 5.49. The Balaban J connectivity index is 2.22. The Morgan fingerprint density at radius 1 is 1.28 bits per heavy atom. The largest absolute Gasteiger partial charge is 0.341 e. The lowest BCUT2D eigenvalue weighted by Gasteiger charge is -2.27. The van der Waals surface area contributed by atoms with Crippen molar-refractivity contribution in [1.82, 2.24) is 9.97 Å². The fraction of sp³-hybridized carbons (Fsp3) is 0.692. The molecule has 0 aliphatic carbocycles. The fourth-order valence-corrected chi connectivity index (χ4v) is 2.32. The van der Waals surface area contributed by atoms with Crippen LogP contribution in [0.2, 0.25) is 0 Å². The zero-order chi connectivity index (χ0) is 13.0. The van der Waals surface area contributed by atoms with Crippen molar-refractivity contribution < 1.29 is 0 Å². The van der Waals surface area contributed by atoms with Crippen LogP contribution in [0.5, 0.6) is 0 Å². The second-order valence-electron chi connectivity index (χ2n) is 5.33. The SMILES string of the molecule is CC(C)Cc1cc(NN)nc(N2CCCCC2)n1. The Morgan fingerprint density at radius 2 is 2.00 bits per heavy atom. The van der Waals surface area contributed by atoms with Gasteiger partial charge in [-0.15, -0.1) is 0 Å². The van der Waals surface area contributed by atoms with Crippen LogP contribution in [0.3, 0.4) is 0 Å². The van der Waals surface area contributed by atoms with Crippen LogP contribution in [0.25, 0.3) is 0 Å². The molecule has 0 unspecified atom stereocenters. The number of nitrogen functional groups attached to an aromatic ring is 1. The summed E-state index contributed by atoms with van der Waals surface area (Å²) < 4.78 is 0. The second kappa shape index (κ2) is 6.00. The van der Waals surface area contributed by atoms with Crippen molar-refractivity contribution in [3.05, 3.63) is 11.8 Å². The van der Waals surface area contributed by atoms with E-state index in [0.29, 0.717) is 11.7 Å². The molecule has 5 nitrogen and oxygen atoms in total. The summed E-state index contributed by atoms with van der Waals surface area (Å²) in [7, 11) is 0. The van der Waals surface area contributed by atoms with Crippen molar-refractivity contribution in [1.29, 1.82) is 0 Å². The van der Waals surface area contributed by atoms with Crippen LogP contribution in [0.1, 0.15) is 38.8 Å². The van der Waals surface area contributed by atoms with Crippen molar-refractivity contribution in [3.8, 4) is 0 Å². The number of nitrogens with zero attached hydrogens (tertiary/aromatic N) is 3. The molecule has 18 heavy (non-hydrogen) atoms. The molecule has 0 bridgehead atoms. The molecular weight excluding hydrogens is 226 g/mol.